The van der Waals surface area contributed by atoms with Gasteiger partial charge >= 0.3 is 0 Å². The molecule has 0 fully saturated rings. The molecule has 1 aromatic heterocycles. The zero-order chi connectivity index (χ0) is 27.2. The second kappa shape index (κ2) is 11.9. The van der Waals surface area contributed by atoms with Crippen LogP contribution in [0.3, 0.4) is 0 Å². The first-order valence-electron chi connectivity index (χ1n) is 12.9. The van der Waals surface area contributed by atoms with Crippen molar-refractivity contribution in [1.82, 2.24) is 19.9 Å². The van der Waals surface area contributed by atoms with Crippen LogP contribution in [0.15, 0.2) is 84.9 Å². The lowest BCUT2D eigenvalue weighted by molar-refractivity contribution is -0.142. The number of allylic oxidation sites excluding steroid dienone is 2. The SMILES string of the molecule is COc1ccc(NC(=O)[C@H]([C@@H]2CC=CCC2)N(Cc2ccc(F)cc2)C(=O)Cn2nnc3ccccc32)cc1. The van der Waals surface area contributed by atoms with Crippen LogP contribution in [-0.4, -0.2) is 44.9 Å². The highest BCUT2D eigenvalue weighted by Crippen LogP contribution is 2.29. The van der Waals surface area contributed by atoms with Crippen molar-refractivity contribution >= 4 is 28.5 Å². The summed E-state index contributed by atoms with van der Waals surface area (Å²) in [6.45, 7) is 0.0588. The third kappa shape index (κ3) is 6.14. The number of rotatable bonds is 9. The average molecular weight is 528 g/mol. The van der Waals surface area contributed by atoms with E-state index in [0.717, 1.165) is 23.9 Å². The largest absolute Gasteiger partial charge is 0.497 e. The summed E-state index contributed by atoms with van der Waals surface area (Å²) in [6.07, 6.45) is 6.41. The molecule has 1 aliphatic carbocycles. The summed E-state index contributed by atoms with van der Waals surface area (Å²) in [6, 6.07) is 19.7. The van der Waals surface area contributed by atoms with Crippen LogP contribution in [0.2, 0.25) is 0 Å². The van der Waals surface area contributed by atoms with E-state index in [1.165, 1.54) is 12.1 Å². The lowest BCUT2D eigenvalue weighted by Gasteiger charge is -2.37. The Bertz CT molecular complexity index is 1470. The molecule has 5 rings (SSSR count). The molecule has 0 unspecified atom stereocenters. The molecule has 200 valence electrons. The summed E-state index contributed by atoms with van der Waals surface area (Å²) in [5.74, 6) is -0.337. The standard InChI is InChI=1S/C30H30FN5O3/c1-39-25-17-15-24(16-18-25)32-30(38)29(22-7-3-2-4-8-22)35(19-21-11-13-23(31)14-12-21)28(37)20-36-27-10-6-5-9-26(27)33-34-36/h2-3,5-6,9-18,22,29H,4,7-8,19-20H2,1H3,(H,32,38)/t22-,29+/m1/s1. The fourth-order valence-corrected chi connectivity index (χ4v) is 4.99. The number of methoxy groups -OCH3 is 1. The first-order valence-corrected chi connectivity index (χ1v) is 12.9. The maximum absolute atomic E-state index is 14.0. The van der Waals surface area contributed by atoms with Crippen LogP contribution in [0.25, 0.3) is 11.0 Å². The van der Waals surface area contributed by atoms with Gasteiger partial charge in [-0.2, -0.15) is 0 Å². The summed E-state index contributed by atoms with van der Waals surface area (Å²) in [4.78, 5) is 29.5. The zero-order valence-corrected chi connectivity index (χ0v) is 21.7. The summed E-state index contributed by atoms with van der Waals surface area (Å²) in [5.41, 5.74) is 2.74. The number of aromatic nitrogens is 3. The fourth-order valence-electron chi connectivity index (χ4n) is 4.99. The second-order valence-electron chi connectivity index (χ2n) is 9.59. The van der Waals surface area contributed by atoms with E-state index in [4.69, 9.17) is 4.74 Å². The van der Waals surface area contributed by atoms with Crippen molar-refractivity contribution in [3.8, 4) is 5.75 Å². The monoisotopic (exact) mass is 527 g/mol. The molecule has 3 aromatic carbocycles. The highest BCUT2D eigenvalue weighted by molar-refractivity contribution is 5.97. The molecule has 0 saturated carbocycles. The minimum Gasteiger partial charge on any atom is -0.497 e. The number of anilines is 1. The summed E-state index contributed by atoms with van der Waals surface area (Å²) < 4.78 is 20.5. The predicted octanol–water partition coefficient (Wildman–Crippen LogP) is 4.97. The van der Waals surface area contributed by atoms with Gasteiger partial charge in [0.15, 0.2) is 0 Å². The Morgan fingerprint density at radius 2 is 1.85 bits per heavy atom. The summed E-state index contributed by atoms with van der Waals surface area (Å²) in [5, 5.41) is 11.4. The first kappa shape index (κ1) is 26.1. The Morgan fingerprint density at radius 3 is 2.56 bits per heavy atom. The Hall–Kier alpha value is -4.53. The van der Waals surface area contributed by atoms with E-state index in [1.807, 2.05) is 24.3 Å². The third-order valence-corrected chi connectivity index (χ3v) is 7.01. The molecule has 0 bridgehead atoms. The van der Waals surface area contributed by atoms with E-state index in [2.05, 4.69) is 27.8 Å². The van der Waals surface area contributed by atoms with Crippen molar-refractivity contribution in [2.45, 2.75) is 38.4 Å². The number of amides is 2. The average Bonchev–Trinajstić information content (AvgIpc) is 3.37. The number of nitrogens with one attached hydrogen (secondary N) is 1. The molecule has 1 N–H and O–H groups in total. The van der Waals surface area contributed by atoms with E-state index in [1.54, 1.807) is 53.1 Å². The highest BCUT2D eigenvalue weighted by atomic mass is 19.1. The first-order chi connectivity index (χ1) is 19.0. The van der Waals surface area contributed by atoms with Crippen LogP contribution in [-0.2, 0) is 22.7 Å². The molecule has 0 saturated heterocycles. The Kier molecular flexibility index (Phi) is 7.96. The lowest BCUT2D eigenvalue weighted by atomic mass is 9.85. The van der Waals surface area contributed by atoms with Crippen molar-refractivity contribution in [2.75, 3.05) is 12.4 Å². The molecule has 2 atom stereocenters. The minimum absolute atomic E-state index is 0.0867. The Labute approximate surface area is 226 Å². The van der Waals surface area contributed by atoms with E-state index in [-0.39, 0.29) is 36.6 Å². The van der Waals surface area contributed by atoms with Gasteiger partial charge in [-0.15, -0.1) is 5.10 Å². The smallest absolute Gasteiger partial charge is 0.247 e. The van der Waals surface area contributed by atoms with Crippen LogP contribution >= 0.6 is 0 Å². The van der Waals surface area contributed by atoms with E-state index in [9.17, 15) is 14.0 Å². The molecule has 0 spiro atoms. The van der Waals surface area contributed by atoms with Gasteiger partial charge in [-0.3, -0.25) is 9.59 Å². The van der Waals surface area contributed by atoms with Crippen LogP contribution in [0, 0.1) is 11.7 Å². The van der Waals surface area contributed by atoms with Gasteiger partial charge in [-0.25, -0.2) is 9.07 Å². The molecule has 1 heterocycles. The number of nitrogens with zero attached hydrogens (tertiary/aromatic N) is 4. The van der Waals surface area contributed by atoms with Crippen molar-refractivity contribution in [2.24, 2.45) is 5.92 Å². The van der Waals surface area contributed by atoms with E-state index >= 15 is 0 Å². The molecule has 8 nitrogen and oxygen atoms in total. The van der Waals surface area contributed by atoms with Gasteiger partial charge in [0, 0.05) is 12.2 Å². The van der Waals surface area contributed by atoms with Gasteiger partial charge in [0.1, 0.15) is 29.7 Å². The summed E-state index contributed by atoms with van der Waals surface area (Å²) in [7, 11) is 1.58. The molecule has 2 amide bonds. The number of para-hydroxylation sites is 1. The van der Waals surface area contributed by atoms with Gasteiger partial charge in [0.05, 0.1) is 12.6 Å². The second-order valence-corrected chi connectivity index (χ2v) is 9.59. The Balaban J connectivity index is 1.49. The molecular formula is C30H30FN5O3. The number of halogens is 1. The number of fused-ring (bicyclic) bond motifs is 1. The quantitative estimate of drug-likeness (QED) is 0.311. The molecule has 0 aliphatic heterocycles. The van der Waals surface area contributed by atoms with Crippen LogP contribution in [0.5, 0.6) is 5.75 Å². The molecule has 0 radical (unpaired) electrons. The van der Waals surface area contributed by atoms with Crippen molar-refractivity contribution in [3.63, 3.8) is 0 Å². The van der Waals surface area contributed by atoms with Crippen molar-refractivity contribution in [1.29, 1.82) is 0 Å². The molecule has 1 aliphatic rings. The van der Waals surface area contributed by atoms with E-state index < -0.39 is 6.04 Å². The maximum atomic E-state index is 14.0. The number of benzene rings is 3. The maximum Gasteiger partial charge on any atom is 0.247 e. The normalized spacial score (nSPS) is 15.6. The van der Waals surface area contributed by atoms with Gasteiger partial charge < -0.3 is 15.0 Å². The van der Waals surface area contributed by atoms with Gasteiger partial charge in [-0.05, 0) is 79.3 Å². The van der Waals surface area contributed by atoms with Gasteiger partial charge in [0.2, 0.25) is 11.8 Å². The number of hydrogen-bond acceptors (Lipinski definition) is 5. The van der Waals surface area contributed by atoms with Crippen molar-refractivity contribution in [3.05, 3.63) is 96.3 Å². The molecule has 9 heteroatoms. The number of carbonyl (C=O) groups is 2. The highest BCUT2D eigenvalue weighted by Gasteiger charge is 2.37. The predicted molar refractivity (Wildman–Crippen MR) is 146 cm³/mol. The molecular weight excluding hydrogens is 497 g/mol. The lowest BCUT2D eigenvalue weighted by Crippen LogP contribution is -2.52. The Morgan fingerprint density at radius 1 is 1.08 bits per heavy atom. The fraction of sp³-hybridized carbons (Fsp3) is 0.267. The minimum atomic E-state index is -0.760. The van der Waals surface area contributed by atoms with Crippen LogP contribution < -0.4 is 10.1 Å². The van der Waals surface area contributed by atoms with E-state index in [0.29, 0.717) is 23.4 Å². The number of carbonyl (C=O) groups excluding carboxylic acids is 2. The van der Waals surface area contributed by atoms with Crippen molar-refractivity contribution < 1.29 is 18.7 Å². The van der Waals surface area contributed by atoms with Gasteiger partial charge in [0.25, 0.3) is 0 Å². The topological polar surface area (TPSA) is 89.4 Å². The zero-order valence-electron chi connectivity index (χ0n) is 21.7. The molecule has 39 heavy (non-hydrogen) atoms. The van der Waals surface area contributed by atoms with Crippen LogP contribution in [0.1, 0.15) is 24.8 Å². The number of hydrogen-bond donors (Lipinski definition) is 1. The molecule has 4 aromatic rings. The number of ether oxygens (including phenoxy) is 1. The summed E-state index contributed by atoms with van der Waals surface area (Å²) >= 11 is 0. The van der Waals surface area contributed by atoms with Crippen LogP contribution in [0.4, 0.5) is 10.1 Å². The van der Waals surface area contributed by atoms with Gasteiger partial charge in [-0.1, -0.05) is 41.6 Å². The third-order valence-electron chi connectivity index (χ3n) is 7.01.